The largest absolute Gasteiger partial charge is 0.481 e. The molecule has 1 heterocycles. The zero-order valence-electron chi connectivity index (χ0n) is 9.35. The third kappa shape index (κ3) is 3.43. The number of rotatable bonds is 6. The summed E-state index contributed by atoms with van der Waals surface area (Å²) in [6.07, 6.45) is 0.457. The predicted molar refractivity (Wildman–Crippen MR) is 59.7 cm³/mol. The van der Waals surface area contributed by atoms with E-state index in [9.17, 15) is 13.2 Å². The Balaban J connectivity index is 2.66. The van der Waals surface area contributed by atoms with Gasteiger partial charge < -0.3 is 10.4 Å². The Labute approximate surface area is 95.7 Å². The van der Waals surface area contributed by atoms with E-state index in [1.165, 1.54) is 4.31 Å². The number of hydrogen-bond donors (Lipinski definition) is 2. The summed E-state index contributed by atoms with van der Waals surface area (Å²) >= 11 is 0. The van der Waals surface area contributed by atoms with Gasteiger partial charge in [0.15, 0.2) is 0 Å². The first kappa shape index (κ1) is 13.4. The Hall–Kier alpha value is -0.660. The van der Waals surface area contributed by atoms with E-state index in [4.69, 9.17) is 5.11 Å². The monoisotopic (exact) mass is 250 g/mol. The van der Waals surface area contributed by atoms with Gasteiger partial charge in [-0.05, 0) is 13.0 Å². The van der Waals surface area contributed by atoms with Gasteiger partial charge in [0.2, 0.25) is 10.0 Å². The average Bonchev–Trinajstić information content (AvgIpc) is 2.69. The lowest BCUT2D eigenvalue weighted by atomic mass is 10.3. The first-order valence-corrected chi connectivity index (χ1v) is 7.00. The molecule has 6 nitrogen and oxygen atoms in total. The topological polar surface area (TPSA) is 86.7 Å². The van der Waals surface area contributed by atoms with Crippen molar-refractivity contribution in [3.8, 4) is 0 Å². The maximum absolute atomic E-state index is 11.9. The lowest BCUT2D eigenvalue weighted by Gasteiger charge is -2.25. The van der Waals surface area contributed by atoms with Crippen LogP contribution in [-0.2, 0) is 14.8 Å². The van der Waals surface area contributed by atoms with Gasteiger partial charge in [0.1, 0.15) is 0 Å². The molecule has 7 heteroatoms. The van der Waals surface area contributed by atoms with Crippen LogP contribution in [0, 0.1) is 0 Å². The smallest absolute Gasteiger partial charge is 0.304 e. The highest BCUT2D eigenvalue weighted by Crippen LogP contribution is 2.14. The third-order valence-corrected chi connectivity index (χ3v) is 4.68. The van der Waals surface area contributed by atoms with Crippen LogP contribution in [0.25, 0.3) is 0 Å². The van der Waals surface area contributed by atoms with E-state index in [0.717, 1.165) is 13.0 Å². The molecule has 16 heavy (non-hydrogen) atoms. The number of aliphatic carboxylic acids is 1. The molecule has 1 atom stereocenters. The normalized spacial score (nSPS) is 21.5. The fraction of sp³-hybridized carbons (Fsp3) is 0.889. The molecule has 0 bridgehead atoms. The maximum atomic E-state index is 11.9. The summed E-state index contributed by atoms with van der Waals surface area (Å²) in [6, 6.07) is -0.0243. The van der Waals surface area contributed by atoms with E-state index in [0.29, 0.717) is 13.1 Å². The molecule has 0 aromatic rings. The van der Waals surface area contributed by atoms with E-state index in [1.54, 1.807) is 6.92 Å². The van der Waals surface area contributed by atoms with Gasteiger partial charge in [0.25, 0.3) is 0 Å². The van der Waals surface area contributed by atoms with Crippen molar-refractivity contribution in [2.75, 3.05) is 25.4 Å². The van der Waals surface area contributed by atoms with Crippen molar-refractivity contribution < 1.29 is 18.3 Å². The summed E-state index contributed by atoms with van der Waals surface area (Å²) in [7, 11) is -3.44. The summed E-state index contributed by atoms with van der Waals surface area (Å²) in [5.41, 5.74) is 0. The number of carboxylic acid groups (broad SMARTS) is 1. The molecular formula is C9H18N2O4S. The minimum atomic E-state index is -3.44. The maximum Gasteiger partial charge on any atom is 0.304 e. The molecule has 0 aromatic carbocycles. The molecule has 1 rings (SSSR count). The molecule has 1 aliphatic heterocycles. The molecule has 0 radical (unpaired) electrons. The fourth-order valence-electron chi connectivity index (χ4n) is 1.90. The first-order valence-electron chi connectivity index (χ1n) is 5.39. The van der Waals surface area contributed by atoms with Gasteiger partial charge in [0, 0.05) is 19.1 Å². The van der Waals surface area contributed by atoms with Crippen LogP contribution in [0.5, 0.6) is 0 Å². The van der Waals surface area contributed by atoms with Gasteiger partial charge in [-0.3, -0.25) is 4.79 Å². The fourth-order valence-corrected chi connectivity index (χ4v) is 3.60. The van der Waals surface area contributed by atoms with Gasteiger partial charge in [-0.15, -0.1) is 0 Å². The molecule has 1 fully saturated rings. The lowest BCUT2D eigenvalue weighted by Crippen LogP contribution is -2.42. The molecule has 0 aliphatic carbocycles. The van der Waals surface area contributed by atoms with Crippen molar-refractivity contribution >= 4 is 16.0 Å². The minimum Gasteiger partial charge on any atom is -0.481 e. The Morgan fingerprint density at radius 1 is 1.56 bits per heavy atom. The Bertz CT molecular complexity index is 335. The number of nitrogens with zero attached hydrogens (tertiary/aromatic N) is 1. The number of likely N-dealkylation sites (N-methyl/N-ethyl adjacent to an activating group) is 1. The van der Waals surface area contributed by atoms with Crippen molar-refractivity contribution in [3.05, 3.63) is 0 Å². The molecule has 1 unspecified atom stereocenters. The average molecular weight is 250 g/mol. The SMILES string of the molecule is CCN(C1CCNC1)S(=O)(=O)CCC(=O)O. The van der Waals surface area contributed by atoms with E-state index >= 15 is 0 Å². The first-order chi connectivity index (χ1) is 7.47. The van der Waals surface area contributed by atoms with Crippen LogP contribution in [-0.4, -0.2) is 55.2 Å². The second kappa shape index (κ2) is 5.60. The number of nitrogens with one attached hydrogen (secondary N) is 1. The van der Waals surface area contributed by atoms with Crippen LogP contribution in [0.15, 0.2) is 0 Å². The highest BCUT2D eigenvalue weighted by molar-refractivity contribution is 7.89. The highest BCUT2D eigenvalue weighted by atomic mass is 32.2. The van der Waals surface area contributed by atoms with Crippen molar-refractivity contribution in [2.45, 2.75) is 25.8 Å². The zero-order valence-corrected chi connectivity index (χ0v) is 10.2. The summed E-state index contributed by atoms with van der Waals surface area (Å²) in [5.74, 6) is -1.39. The van der Waals surface area contributed by atoms with Crippen molar-refractivity contribution in [3.63, 3.8) is 0 Å². The molecule has 94 valence electrons. The van der Waals surface area contributed by atoms with Gasteiger partial charge in [-0.25, -0.2) is 8.42 Å². The van der Waals surface area contributed by atoms with E-state index in [1.807, 2.05) is 0 Å². The molecular weight excluding hydrogens is 232 g/mol. The van der Waals surface area contributed by atoms with Crippen LogP contribution in [0.2, 0.25) is 0 Å². The van der Waals surface area contributed by atoms with Crippen molar-refractivity contribution in [2.24, 2.45) is 0 Å². The van der Waals surface area contributed by atoms with Gasteiger partial charge in [-0.2, -0.15) is 4.31 Å². The predicted octanol–water partition coefficient (Wildman–Crippen LogP) is -0.525. The zero-order chi connectivity index (χ0) is 12.2. The molecule has 0 amide bonds. The second-order valence-corrected chi connectivity index (χ2v) is 5.85. The molecule has 0 spiro atoms. The number of carbonyl (C=O) groups is 1. The molecule has 1 saturated heterocycles. The molecule has 0 aromatic heterocycles. The second-order valence-electron chi connectivity index (χ2n) is 3.81. The standard InChI is InChI=1S/C9H18N2O4S/c1-2-11(8-3-5-10-7-8)16(14,15)6-4-9(12)13/h8,10H,2-7H2,1H3,(H,12,13). The molecule has 2 N–H and O–H groups in total. The summed E-state index contributed by atoms with van der Waals surface area (Å²) < 4.78 is 25.2. The van der Waals surface area contributed by atoms with Gasteiger partial charge in [-0.1, -0.05) is 6.92 Å². The van der Waals surface area contributed by atoms with E-state index in [2.05, 4.69) is 5.32 Å². The van der Waals surface area contributed by atoms with Crippen LogP contribution in [0.4, 0.5) is 0 Å². The molecule has 0 saturated carbocycles. The quantitative estimate of drug-likeness (QED) is 0.662. The van der Waals surface area contributed by atoms with E-state index in [-0.39, 0.29) is 18.2 Å². The number of hydrogen-bond acceptors (Lipinski definition) is 4. The Kier molecular flexibility index (Phi) is 4.69. The van der Waals surface area contributed by atoms with Gasteiger partial charge >= 0.3 is 5.97 Å². The van der Waals surface area contributed by atoms with Crippen LogP contribution in [0.1, 0.15) is 19.8 Å². The number of sulfonamides is 1. The van der Waals surface area contributed by atoms with Crippen LogP contribution in [0.3, 0.4) is 0 Å². The number of carboxylic acids is 1. The van der Waals surface area contributed by atoms with Crippen LogP contribution >= 0.6 is 0 Å². The molecule has 1 aliphatic rings. The Morgan fingerprint density at radius 2 is 2.25 bits per heavy atom. The summed E-state index contributed by atoms with van der Waals surface area (Å²) in [4.78, 5) is 10.4. The summed E-state index contributed by atoms with van der Waals surface area (Å²) in [6.45, 7) is 3.64. The van der Waals surface area contributed by atoms with Crippen LogP contribution < -0.4 is 5.32 Å². The third-order valence-electron chi connectivity index (χ3n) is 2.68. The van der Waals surface area contributed by atoms with E-state index < -0.39 is 16.0 Å². The van der Waals surface area contributed by atoms with Crippen molar-refractivity contribution in [1.82, 2.24) is 9.62 Å². The highest BCUT2D eigenvalue weighted by Gasteiger charge is 2.30. The lowest BCUT2D eigenvalue weighted by molar-refractivity contribution is -0.136. The van der Waals surface area contributed by atoms with Crippen molar-refractivity contribution in [1.29, 1.82) is 0 Å². The van der Waals surface area contributed by atoms with Gasteiger partial charge in [0.05, 0.1) is 12.2 Å². The summed E-state index contributed by atoms with van der Waals surface area (Å²) in [5, 5.41) is 11.6. The minimum absolute atomic E-state index is 0.0243. The Morgan fingerprint density at radius 3 is 2.69 bits per heavy atom.